The molecule has 2 aromatic carbocycles. The van der Waals surface area contributed by atoms with Gasteiger partial charge in [0.2, 0.25) is 0 Å². The Kier molecular flexibility index (Phi) is 22.2. The Morgan fingerprint density at radius 1 is 0.812 bits per heavy atom. The minimum Gasteiger partial charge on any atom is -0.400 e. The Morgan fingerprint density at radius 3 is 1.81 bits per heavy atom. The zero-order chi connectivity index (χ0) is 12.1. The SMILES string of the molecule is CO.CO.CO.[Hf].c1ccc2[cH-]ccc2c1. The van der Waals surface area contributed by atoms with E-state index in [1.807, 2.05) is 0 Å². The van der Waals surface area contributed by atoms with Crippen LogP contribution in [0.5, 0.6) is 0 Å². The summed E-state index contributed by atoms with van der Waals surface area (Å²) in [6.07, 6.45) is 0. The molecule has 0 heterocycles. The molecule has 90 valence electrons. The first-order valence-corrected chi connectivity index (χ1v) is 4.41. The first-order chi connectivity index (χ1) is 7.47. The van der Waals surface area contributed by atoms with Gasteiger partial charge in [-0.15, -0.1) is 29.7 Å². The van der Waals surface area contributed by atoms with Crippen molar-refractivity contribution >= 4 is 10.8 Å². The van der Waals surface area contributed by atoms with E-state index < -0.39 is 0 Å². The van der Waals surface area contributed by atoms with E-state index in [1.54, 1.807) is 0 Å². The molecule has 4 heteroatoms. The molecule has 16 heavy (non-hydrogen) atoms. The van der Waals surface area contributed by atoms with Crippen LogP contribution in [0.1, 0.15) is 0 Å². The van der Waals surface area contributed by atoms with Gasteiger partial charge in [0, 0.05) is 47.2 Å². The molecule has 0 unspecified atom stereocenters. The molecule has 0 aromatic heterocycles. The van der Waals surface area contributed by atoms with Gasteiger partial charge in [-0.3, -0.25) is 0 Å². The minimum atomic E-state index is 0. The van der Waals surface area contributed by atoms with Gasteiger partial charge in [-0.05, 0) is 0 Å². The average Bonchev–Trinajstić information content (AvgIpc) is 2.85. The van der Waals surface area contributed by atoms with Crippen molar-refractivity contribution in [1.29, 1.82) is 0 Å². The maximum absolute atomic E-state index is 7.00. The Bertz CT molecular complexity index is 290. The van der Waals surface area contributed by atoms with Crippen molar-refractivity contribution in [3.8, 4) is 0 Å². The van der Waals surface area contributed by atoms with Crippen molar-refractivity contribution in [2.24, 2.45) is 0 Å². The van der Waals surface area contributed by atoms with E-state index in [2.05, 4.69) is 42.5 Å². The Labute approximate surface area is 116 Å². The smallest absolute Gasteiger partial charge is 0.0319 e. The summed E-state index contributed by atoms with van der Waals surface area (Å²) in [6.45, 7) is 0. The molecule has 0 bridgehead atoms. The van der Waals surface area contributed by atoms with Crippen molar-refractivity contribution in [3.05, 3.63) is 42.5 Å². The molecular formula is C12H19HfO3-. The van der Waals surface area contributed by atoms with Crippen LogP contribution in [0.15, 0.2) is 42.5 Å². The summed E-state index contributed by atoms with van der Waals surface area (Å²) in [6, 6.07) is 14.7. The molecule has 0 spiro atoms. The number of fused-ring (bicyclic) bond motifs is 1. The summed E-state index contributed by atoms with van der Waals surface area (Å²) < 4.78 is 0. The number of benzene rings is 1. The predicted molar refractivity (Wildman–Crippen MR) is 64.0 cm³/mol. The third-order valence-corrected chi connectivity index (χ3v) is 1.55. The van der Waals surface area contributed by atoms with Crippen molar-refractivity contribution in [1.82, 2.24) is 0 Å². The monoisotopic (exact) mass is 391 g/mol. The van der Waals surface area contributed by atoms with E-state index in [-0.39, 0.29) is 25.8 Å². The van der Waals surface area contributed by atoms with Crippen LogP contribution in [-0.2, 0) is 25.8 Å². The average molecular weight is 390 g/mol. The largest absolute Gasteiger partial charge is 0.400 e. The molecule has 0 saturated heterocycles. The Balaban J connectivity index is -0.000000214. The van der Waals surface area contributed by atoms with Gasteiger partial charge < -0.3 is 15.3 Å². The topological polar surface area (TPSA) is 60.7 Å². The van der Waals surface area contributed by atoms with Crippen LogP contribution >= 0.6 is 0 Å². The summed E-state index contributed by atoms with van der Waals surface area (Å²) in [7, 11) is 3.00. The van der Waals surface area contributed by atoms with Crippen LogP contribution in [-0.4, -0.2) is 36.6 Å². The molecule has 2 aromatic rings. The Morgan fingerprint density at radius 2 is 1.31 bits per heavy atom. The molecule has 3 N–H and O–H groups in total. The maximum Gasteiger partial charge on any atom is 0.0319 e. The fraction of sp³-hybridized carbons (Fsp3) is 0.250. The van der Waals surface area contributed by atoms with Crippen molar-refractivity contribution in [2.75, 3.05) is 21.3 Å². The van der Waals surface area contributed by atoms with Gasteiger partial charge in [0.25, 0.3) is 0 Å². The van der Waals surface area contributed by atoms with Gasteiger partial charge in [0.05, 0.1) is 0 Å². The van der Waals surface area contributed by atoms with Crippen molar-refractivity contribution < 1.29 is 41.2 Å². The minimum absolute atomic E-state index is 0. The standard InChI is InChI=1S/C9H7.3CH4O.Hf/c1-2-5-9-7-3-6-8(9)4-1;3*1-2;/h1-7H;3*2H,1H3;/q-1;;;;. The molecule has 0 atom stereocenters. The van der Waals surface area contributed by atoms with Crippen molar-refractivity contribution in [2.45, 2.75) is 0 Å². The summed E-state index contributed by atoms with van der Waals surface area (Å²) in [5, 5.41) is 23.7. The molecule has 0 amide bonds. The molecule has 3 nitrogen and oxygen atoms in total. The van der Waals surface area contributed by atoms with Crippen molar-refractivity contribution in [3.63, 3.8) is 0 Å². The van der Waals surface area contributed by atoms with Crippen LogP contribution in [0.25, 0.3) is 10.8 Å². The third-order valence-electron chi connectivity index (χ3n) is 1.55. The number of rotatable bonds is 0. The Hall–Kier alpha value is -0.420. The van der Waals surface area contributed by atoms with E-state index in [9.17, 15) is 0 Å². The van der Waals surface area contributed by atoms with Crippen LogP contribution in [0, 0.1) is 0 Å². The molecular weight excluding hydrogens is 371 g/mol. The summed E-state index contributed by atoms with van der Waals surface area (Å²) in [4.78, 5) is 0. The van der Waals surface area contributed by atoms with Gasteiger partial charge in [0.15, 0.2) is 0 Å². The summed E-state index contributed by atoms with van der Waals surface area (Å²) in [5.41, 5.74) is 0. The second-order valence-electron chi connectivity index (χ2n) is 2.15. The fourth-order valence-electron chi connectivity index (χ4n) is 1.07. The number of hydrogen-bond acceptors (Lipinski definition) is 3. The van der Waals surface area contributed by atoms with E-state index in [1.165, 1.54) is 10.8 Å². The zero-order valence-electron chi connectivity index (χ0n) is 9.88. The van der Waals surface area contributed by atoms with Crippen LogP contribution in [0.2, 0.25) is 0 Å². The third kappa shape index (κ3) is 7.82. The molecule has 0 aliphatic heterocycles. The zero-order valence-corrected chi connectivity index (χ0v) is 13.5. The molecule has 0 fully saturated rings. The number of aliphatic hydroxyl groups excluding tert-OH is 3. The first kappa shape index (κ1) is 20.9. The fourth-order valence-corrected chi connectivity index (χ4v) is 1.07. The van der Waals surface area contributed by atoms with E-state index in [0.29, 0.717) is 0 Å². The first-order valence-electron chi connectivity index (χ1n) is 4.41. The van der Waals surface area contributed by atoms with E-state index >= 15 is 0 Å². The van der Waals surface area contributed by atoms with E-state index in [0.717, 1.165) is 21.3 Å². The molecule has 0 radical (unpaired) electrons. The summed E-state index contributed by atoms with van der Waals surface area (Å²) in [5.74, 6) is 0. The van der Waals surface area contributed by atoms with Crippen LogP contribution in [0.4, 0.5) is 0 Å². The maximum atomic E-state index is 7.00. The number of aliphatic hydroxyl groups is 3. The van der Waals surface area contributed by atoms with E-state index in [4.69, 9.17) is 15.3 Å². The quantitative estimate of drug-likeness (QED) is 0.471. The van der Waals surface area contributed by atoms with Crippen LogP contribution < -0.4 is 0 Å². The van der Waals surface area contributed by atoms with Gasteiger partial charge in [0.1, 0.15) is 0 Å². The van der Waals surface area contributed by atoms with Gasteiger partial charge in [-0.2, -0.15) is 17.5 Å². The molecule has 0 aliphatic carbocycles. The molecule has 0 saturated carbocycles. The molecule has 0 aliphatic rings. The normalized spacial score (nSPS) is 6.88. The predicted octanol–water partition coefficient (Wildman–Crippen LogP) is 1.38. The van der Waals surface area contributed by atoms with Gasteiger partial charge >= 0.3 is 0 Å². The number of hydrogen-bond donors (Lipinski definition) is 3. The van der Waals surface area contributed by atoms with Crippen LogP contribution in [0.3, 0.4) is 0 Å². The van der Waals surface area contributed by atoms with Gasteiger partial charge in [-0.25, -0.2) is 0 Å². The molecule has 2 rings (SSSR count). The second-order valence-corrected chi connectivity index (χ2v) is 2.15. The second kappa shape index (κ2) is 17.0. The van der Waals surface area contributed by atoms with Gasteiger partial charge in [-0.1, -0.05) is 6.07 Å². The summed E-state index contributed by atoms with van der Waals surface area (Å²) >= 11 is 0.